The zero-order valence-corrected chi connectivity index (χ0v) is 16.0. The number of sulfonamides is 1. The zero-order chi connectivity index (χ0) is 17.6. The summed E-state index contributed by atoms with van der Waals surface area (Å²) in [6, 6.07) is 4.77. The average Bonchev–Trinajstić information content (AvgIpc) is 2.59. The Morgan fingerprint density at radius 3 is 2.60 bits per heavy atom. The van der Waals surface area contributed by atoms with E-state index in [2.05, 4.69) is 5.32 Å². The number of hydrogen-bond acceptors (Lipinski definition) is 5. The molecule has 1 aliphatic heterocycles. The van der Waals surface area contributed by atoms with Gasteiger partial charge in [-0.2, -0.15) is 4.31 Å². The molecule has 2 rings (SSSR count). The maximum atomic E-state index is 12.8. The second kappa shape index (κ2) is 10.1. The molecule has 0 unspecified atom stereocenters. The molecule has 9 heteroatoms. The molecule has 0 radical (unpaired) electrons. The Bertz CT molecular complexity index is 676. The molecule has 1 amide bonds. The van der Waals surface area contributed by atoms with Crippen molar-refractivity contribution < 1.29 is 17.9 Å². The molecule has 3 N–H and O–H groups in total. The maximum Gasteiger partial charge on any atom is 0.251 e. The summed E-state index contributed by atoms with van der Waals surface area (Å²) in [5, 5.41) is 2.79. The first-order chi connectivity index (χ1) is 11.5. The number of rotatable bonds is 7. The van der Waals surface area contributed by atoms with Crippen LogP contribution in [0.4, 0.5) is 0 Å². The van der Waals surface area contributed by atoms with Crippen LogP contribution in [0.2, 0.25) is 0 Å². The topological polar surface area (TPSA) is 102 Å². The molecule has 0 atom stereocenters. The molecule has 0 aliphatic carbocycles. The number of nitrogens with zero attached hydrogens (tertiary/aromatic N) is 1. The molecule has 1 saturated heterocycles. The lowest BCUT2D eigenvalue weighted by molar-refractivity contribution is 0.0730. The van der Waals surface area contributed by atoms with E-state index < -0.39 is 10.0 Å². The molecular formula is C16H26ClN3O4S. The van der Waals surface area contributed by atoms with Gasteiger partial charge in [-0.25, -0.2) is 8.42 Å². The van der Waals surface area contributed by atoms with Crippen LogP contribution < -0.4 is 11.1 Å². The van der Waals surface area contributed by atoms with Crippen molar-refractivity contribution in [3.63, 3.8) is 0 Å². The number of unbranched alkanes of at least 4 members (excludes halogenated alkanes) is 1. The number of amides is 1. The first kappa shape index (κ1) is 21.9. The van der Waals surface area contributed by atoms with E-state index in [1.54, 1.807) is 19.1 Å². The molecule has 0 spiro atoms. The van der Waals surface area contributed by atoms with Gasteiger partial charge in [-0.15, -0.1) is 12.4 Å². The lowest BCUT2D eigenvalue weighted by Gasteiger charge is -2.26. The Morgan fingerprint density at radius 1 is 1.28 bits per heavy atom. The van der Waals surface area contributed by atoms with Crippen LogP contribution in [0.3, 0.4) is 0 Å². The number of carbonyl (C=O) groups is 1. The number of nitrogens with two attached hydrogens (primary N) is 1. The number of morpholine rings is 1. The van der Waals surface area contributed by atoms with Crippen LogP contribution in [0.5, 0.6) is 0 Å². The van der Waals surface area contributed by atoms with Gasteiger partial charge in [0.1, 0.15) is 0 Å². The van der Waals surface area contributed by atoms with E-state index in [1.165, 1.54) is 10.4 Å². The summed E-state index contributed by atoms with van der Waals surface area (Å²) in [4.78, 5) is 12.4. The number of halogens is 1. The van der Waals surface area contributed by atoms with Gasteiger partial charge in [0, 0.05) is 25.2 Å². The highest BCUT2D eigenvalue weighted by molar-refractivity contribution is 7.89. The average molecular weight is 392 g/mol. The molecule has 1 heterocycles. The quantitative estimate of drug-likeness (QED) is 0.672. The lowest BCUT2D eigenvalue weighted by atomic mass is 10.1. The number of hydrogen-bond donors (Lipinski definition) is 2. The van der Waals surface area contributed by atoms with Crippen LogP contribution in [0.25, 0.3) is 0 Å². The molecule has 1 aromatic carbocycles. The van der Waals surface area contributed by atoms with Crippen molar-refractivity contribution in [2.45, 2.75) is 24.7 Å². The van der Waals surface area contributed by atoms with Crippen LogP contribution in [0.15, 0.2) is 23.1 Å². The molecule has 0 aromatic heterocycles. The molecule has 7 nitrogen and oxygen atoms in total. The Morgan fingerprint density at radius 2 is 1.96 bits per heavy atom. The van der Waals surface area contributed by atoms with Crippen molar-refractivity contribution in [2.75, 3.05) is 39.4 Å². The van der Waals surface area contributed by atoms with Gasteiger partial charge >= 0.3 is 0 Å². The number of nitrogens with one attached hydrogen (secondary N) is 1. The van der Waals surface area contributed by atoms with E-state index >= 15 is 0 Å². The number of benzene rings is 1. The van der Waals surface area contributed by atoms with Crippen LogP contribution >= 0.6 is 12.4 Å². The highest BCUT2D eigenvalue weighted by atomic mass is 35.5. The van der Waals surface area contributed by atoms with Gasteiger partial charge in [0.25, 0.3) is 5.91 Å². The Labute approximate surface area is 155 Å². The van der Waals surface area contributed by atoms with Crippen molar-refractivity contribution in [2.24, 2.45) is 5.73 Å². The van der Waals surface area contributed by atoms with E-state index in [0.29, 0.717) is 50.5 Å². The van der Waals surface area contributed by atoms with Crippen molar-refractivity contribution in [3.8, 4) is 0 Å². The Kier molecular flexibility index (Phi) is 8.81. The summed E-state index contributed by atoms with van der Waals surface area (Å²) < 4.78 is 32.2. The minimum Gasteiger partial charge on any atom is -0.379 e. The monoisotopic (exact) mass is 391 g/mol. The van der Waals surface area contributed by atoms with Crippen LogP contribution in [0.1, 0.15) is 28.8 Å². The first-order valence-electron chi connectivity index (χ1n) is 8.13. The van der Waals surface area contributed by atoms with Crippen molar-refractivity contribution >= 4 is 28.3 Å². The van der Waals surface area contributed by atoms with Crippen molar-refractivity contribution in [3.05, 3.63) is 29.3 Å². The summed E-state index contributed by atoms with van der Waals surface area (Å²) >= 11 is 0. The molecule has 1 aromatic rings. The van der Waals surface area contributed by atoms with Crippen molar-refractivity contribution in [1.29, 1.82) is 0 Å². The summed E-state index contributed by atoms with van der Waals surface area (Å²) in [5.41, 5.74) is 6.39. The molecule has 0 bridgehead atoms. The van der Waals surface area contributed by atoms with E-state index in [0.717, 1.165) is 12.8 Å². The standard InChI is InChI=1S/C16H25N3O4S.ClH/c1-13-4-5-14(16(20)18-7-3-2-6-17)12-15(13)24(21,22)19-8-10-23-11-9-19;/h4-5,12H,2-3,6-11,17H2,1H3,(H,18,20);1H. The summed E-state index contributed by atoms with van der Waals surface area (Å²) in [6.45, 7) is 4.28. The number of ether oxygens (including phenoxy) is 1. The fourth-order valence-electron chi connectivity index (χ4n) is 2.52. The molecule has 1 fully saturated rings. The second-order valence-corrected chi connectivity index (χ2v) is 7.65. The van der Waals surface area contributed by atoms with E-state index in [1.807, 2.05) is 0 Å². The van der Waals surface area contributed by atoms with Gasteiger partial charge in [-0.3, -0.25) is 4.79 Å². The number of carbonyl (C=O) groups excluding carboxylic acids is 1. The Balaban J connectivity index is 0.00000312. The van der Waals surface area contributed by atoms with Crippen LogP contribution in [-0.4, -0.2) is 58.0 Å². The summed E-state index contributed by atoms with van der Waals surface area (Å²) in [5.74, 6) is -0.273. The molecular weight excluding hydrogens is 366 g/mol. The SMILES string of the molecule is Cc1ccc(C(=O)NCCCCN)cc1S(=O)(=O)N1CCOCC1.Cl. The van der Waals surface area contributed by atoms with Gasteiger partial charge in [-0.1, -0.05) is 6.07 Å². The third kappa shape index (κ3) is 5.65. The van der Waals surface area contributed by atoms with E-state index in [-0.39, 0.29) is 23.2 Å². The predicted molar refractivity (Wildman–Crippen MR) is 98.6 cm³/mol. The minimum absolute atomic E-state index is 0. The van der Waals surface area contributed by atoms with Crippen LogP contribution in [0, 0.1) is 6.92 Å². The molecule has 25 heavy (non-hydrogen) atoms. The van der Waals surface area contributed by atoms with Gasteiger partial charge in [-0.05, 0) is 44.0 Å². The summed E-state index contributed by atoms with van der Waals surface area (Å²) in [7, 11) is -3.62. The predicted octanol–water partition coefficient (Wildman–Crippen LogP) is 0.906. The number of aryl methyl sites for hydroxylation is 1. The highest BCUT2D eigenvalue weighted by Gasteiger charge is 2.28. The lowest BCUT2D eigenvalue weighted by Crippen LogP contribution is -2.41. The molecule has 0 saturated carbocycles. The third-order valence-electron chi connectivity index (χ3n) is 3.95. The zero-order valence-electron chi connectivity index (χ0n) is 14.4. The summed E-state index contributed by atoms with van der Waals surface area (Å²) in [6.07, 6.45) is 1.64. The second-order valence-electron chi connectivity index (χ2n) is 5.75. The minimum atomic E-state index is -3.62. The fraction of sp³-hybridized carbons (Fsp3) is 0.562. The third-order valence-corrected chi connectivity index (χ3v) is 6.00. The smallest absolute Gasteiger partial charge is 0.251 e. The van der Waals surface area contributed by atoms with Crippen LogP contribution in [-0.2, 0) is 14.8 Å². The van der Waals surface area contributed by atoms with E-state index in [9.17, 15) is 13.2 Å². The fourth-order valence-corrected chi connectivity index (χ4v) is 4.18. The Hall–Kier alpha value is -1.19. The first-order valence-corrected chi connectivity index (χ1v) is 9.57. The largest absolute Gasteiger partial charge is 0.379 e. The van der Waals surface area contributed by atoms with Gasteiger partial charge in [0.05, 0.1) is 18.1 Å². The molecule has 1 aliphatic rings. The van der Waals surface area contributed by atoms with Gasteiger partial charge < -0.3 is 15.8 Å². The maximum absolute atomic E-state index is 12.8. The van der Waals surface area contributed by atoms with E-state index in [4.69, 9.17) is 10.5 Å². The van der Waals surface area contributed by atoms with Gasteiger partial charge in [0.15, 0.2) is 0 Å². The van der Waals surface area contributed by atoms with Crippen molar-refractivity contribution in [1.82, 2.24) is 9.62 Å². The molecule has 142 valence electrons. The normalized spacial score (nSPS) is 15.4. The highest BCUT2D eigenvalue weighted by Crippen LogP contribution is 2.22. The van der Waals surface area contributed by atoms with Gasteiger partial charge in [0.2, 0.25) is 10.0 Å².